The summed E-state index contributed by atoms with van der Waals surface area (Å²) in [5.41, 5.74) is 5.66. The summed E-state index contributed by atoms with van der Waals surface area (Å²) >= 11 is 0. The molecule has 0 bridgehead atoms. The number of benzene rings is 1. The summed E-state index contributed by atoms with van der Waals surface area (Å²) in [4.78, 5) is 0. The highest BCUT2D eigenvalue weighted by atomic mass is 19.1. The highest BCUT2D eigenvalue weighted by molar-refractivity contribution is 5.64. The van der Waals surface area contributed by atoms with Gasteiger partial charge in [0.05, 0.1) is 5.69 Å². The third-order valence-electron chi connectivity index (χ3n) is 2.07. The number of hydrogen-bond acceptors (Lipinski definition) is 5. The lowest BCUT2D eigenvalue weighted by Gasteiger charge is -2.06. The van der Waals surface area contributed by atoms with E-state index in [1.165, 1.54) is 12.1 Å². The first-order valence-corrected chi connectivity index (χ1v) is 4.75. The van der Waals surface area contributed by atoms with E-state index < -0.39 is 5.82 Å². The maximum atomic E-state index is 13.3. The largest absolute Gasteiger partial charge is 0.382 e. The van der Waals surface area contributed by atoms with Crippen molar-refractivity contribution < 1.29 is 4.39 Å². The molecule has 1 aromatic carbocycles. The standard InChI is InChI=1S/C11H8FN5/c12-8-2-1-3-9(7(8)6-13)15-11-5-4-10(14)16-17-11/h1-5H,(H2,14,16)(H,15,17). The van der Waals surface area contributed by atoms with Crippen molar-refractivity contribution in [3.05, 3.63) is 41.7 Å². The monoisotopic (exact) mass is 229 g/mol. The minimum atomic E-state index is -0.582. The molecule has 2 aromatic rings. The maximum Gasteiger partial charge on any atom is 0.153 e. The molecule has 2 rings (SSSR count). The van der Waals surface area contributed by atoms with Gasteiger partial charge in [0.1, 0.15) is 23.3 Å². The first kappa shape index (κ1) is 10.8. The summed E-state index contributed by atoms with van der Waals surface area (Å²) in [5, 5.41) is 19.0. The van der Waals surface area contributed by atoms with Crippen molar-refractivity contribution in [3.8, 4) is 6.07 Å². The van der Waals surface area contributed by atoms with Crippen LogP contribution in [-0.2, 0) is 0 Å². The summed E-state index contributed by atoms with van der Waals surface area (Å²) in [6.45, 7) is 0. The third kappa shape index (κ3) is 2.29. The van der Waals surface area contributed by atoms with Crippen LogP contribution in [0, 0.1) is 17.1 Å². The molecular weight excluding hydrogens is 221 g/mol. The number of halogens is 1. The van der Waals surface area contributed by atoms with Crippen LogP contribution >= 0.6 is 0 Å². The van der Waals surface area contributed by atoms with E-state index in [4.69, 9.17) is 11.0 Å². The lowest BCUT2D eigenvalue weighted by atomic mass is 10.2. The summed E-state index contributed by atoms with van der Waals surface area (Å²) in [6, 6.07) is 9.24. The molecule has 0 spiro atoms. The van der Waals surface area contributed by atoms with Crippen LogP contribution in [-0.4, -0.2) is 10.2 Å². The van der Waals surface area contributed by atoms with Crippen molar-refractivity contribution in [1.82, 2.24) is 10.2 Å². The maximum absolute atomic E-state index is 13.3. The molecule has 0 aliphatic carbocycles. The van der Waals surface area contributed by atoms with Crippen molar-refractivity contribution >= 4 is 17.3 Å². The Hall–Kier alpha value is -2.68. The fourth-order valence-corrected chi connectivity index (χ4v) is 1.29. The van der Waals surface area contributed by atoms with E-state index in [9.17, 15) is 4.39 Å². The van der Waals surface area contributed by atoms with Crippen LogP contribution in [0.3, 0.4) is 0 Å². The minimum Gasteiger partial charge on any atom is -0.382 e. The van der Waals surface area contributed by atoms with Crippen LogP contribution in [0.4, 0.5) is 21.7 Å². The Bertz CT molecular complexity index is 573. The third-order valence-corrected chi connectivity index (χ3v) is 2.07. The summed E-state index contributed by atoms with van der Waals surface area (Å²) in [7, 11) is 0. The second kappa shape index (κ2) is 4.45. The Balaban J connectivity index is 2.34. The fourth-order valence-electron chi connectivity index (χ4n) is 1.29. The summed E-state index contributed by atoms with van der Waals surface area (Å²) in [6.07, 6.45) is 0. The van der Waals surface area contributed by atoms with Gasteiger partial charge in [0, 0.05) is 0 Å². The molecule has 0 aliphatic heterocycles. The zero-order valence-electron chi connectivity index (χ0n) is 8.68. The Labute approximate surface area is 96.7 Å². The van der Waals surface area contributed by atoms with E-state index in [2.05, 4.69) is 15.5 Å². The second-order valence-electron chi connectivity index (χ2n) is 3.24. The van der Waals surface area contributed by atoms with Gasteiger partial charge in [-0.25, -0.2) is 4.39 Å². The van der Waals surface area contributed by atoms with Gasteiger partial charge in [-0.1, -0.05) is 6.07 Å². The number of hydrogen-bond donors (Lipinski definition) is 2. The van der Waals surface area contributed by atoms with Crippen molar-refractivity contribution in [1.29, 1.82) is 5.26 Å². The minimum absolute atomic E-state index is 0.0638. The van der Waals surface area contributed by atoms with Gasteiger partial charge in [0.15, 0.2) is 5.82 Å². The van der Waals surface area contributed by atoms with Gasteiger partial charge in [0.2, 0.25) is 0 Å². The van der Waals surface area contributed by atoms with E-state index in [1.54, 1.807) is 24.3 Å². The molecule has 0 radical (unpaired) electrons. The van der Waals surface area contributed by atoms with Crippen molar-refractivity contribution in [3.63, 3.8) is 0 Å². The van der Waals surface area contributed by atoms with E-state index in [-0.39, 0.29) is 11.4 Å². The second-order valence-corrected chi connectivity index (χ2v) is 3.24. The number of nitrogens with zero attached hydrogens (tertiary/aromatic N) is 3. The average molecular weight is 229 g/mol. The topological polar surface area (TPSA) is 87.6 Å². The zero-order valence-corrected chi connectivity index (χ0v) is 8.68. The molecule has 1 heterocycles. The number of nitrogens with one attached hydrogen (secondary N) is 1. The lowest BCUT2D eigenvalue weighted by Crippen LogP contribution is -2.00. The predicted octanol–water partition coefficient (Wildman–Crippen LogP) is 1.81. The molecule has 0 fully saturated rings. The number of nitriles is 1. The zero-order chi connectivity index (χ0) is 12.3. The van der Waals surface area contributed by atoms with Gasteiger partial charge >= 0.3 is 0 Å². The predicted molar refractivity (Wildman–Crippen MR) is 60.8 cm³/mol. The molecule has 1 aromatic heterocycles. The quantitative estimate of drug-likeness (QED) is 0.819. The molecule has 84 valence electrons. The number of aromatic nitrogens is 2. The normalized spacial score (nSPS) is 9.65. The average Bonchev–Trinajstić information content (AvgIpc) is 2.32. The Kier molecular flexibility index (Phi) is 2.83. The van der Waals surface area contributed by atoms with E-state index in [0.717, 1.165) is 0 Å². The molecule has 0 saturated carbocycles. The highest BCUT2D eigenvalue weighted by Crippen LogP contribution is 2.21. The van der Waals surface area contributed by atoms with Crippen LogP contribution in [0.15, 0.2) is 30.3 Å². The van der Waals surface area contributed by atoms with Gasteiger partial charge < -0.3 is 11.1 Å². The molecule has 6 heteroatoms. The number of anilines is 3. The van der Waals surface area contributed by atoms with Crippen molar-refractivity contribution in [2.45, 2.75) is 0 Å². The Morgan fingerprint density at radius 3 is 2.71 bits per heavy atom. The Morgan fingerprint density at radius 2 is 2.06 bits per heavy atom. The first-order chi connectivity index (χ1) is 8.20. The van der Waals surface area contributed by atoms with E-state index in [1.807, 2.05) is 0 Å². The van der Waals surface area contributed by atoms with Crippen LogP contribution in [0.5, 0.6) is 0 Å². The molecule has 5 nitrogen and oxygen atoms in total. The smallest absolute Gasteiger partial charge is 0.153 e. The highest BCUT2D eigenvalue weighted by Gasteiger charge is 2.08. The number of nitrogen functional groups attached to an aromatic ring is 1. The number of nitrogens with two attached hydrogens (primary N) is 1. The Morgan fingerprint density at radius 1 is 1.24 bits per heavy atom. The number of rotatable bonds is 2. The van der Waals surface area contributed by atoms with E-state index >= 15 is 0 Å². The molecule has 3 N–H and O–H groups in total. The van der Waals surface area contributed by atoms with Crippen LogP contribution in [0.2, 0.25) is 0 Å². The molecule has 0 amide bonds. The molecule has 0 saturated heterocycles. The van der Waals surface area contributed by atoms with Gasteiger partial charge in [-0.05, 0) is 24.3 Å². The summed E-state index contributed by atoms with van der Waals surface area (Å²) in [5.74, 6) is 0.0949. The van der Waals surface area contributed by atoms with Gasteiger partial charge in [-0.2, -0.15) is 5.26 Å². The molecule has 0 atom stereocenters. The first-order valence-electron chi connectivity index (χ1n) is 4.75. The summed E-state index contributed by atoms with van der Waals surface area (Å²) < 4.78 is 13.3. The van der Waals surface area contributed by atoms with Crippen LogP contribution in [0.1, 0.15) is 5.56 Å². The van der Waals surface area contributed by atoms with Gasteiger partial charge in [-0.15, -0.1) is 10.2 Å². The van der Waals surface area contributed by atoms with Gasteiger partial charge in [-0.3, -0.25) is 0 Å². The van der Waals surface area contributed by atoms with Crippen molar-refractivity contribution in [2.24, 2.45) is 0 Å². The molecule has 17 heavy (non-hydrogen) atoms. The van der Waals surface area contributed by atoms with Crippen LogP contribution in [0.25, 0.3) is 0 Å². The van der Waals surface area contributed by atoms with Gasteiger partial charge in [0.25, 0.3) is 0 Å². The molecule has 0 unspecified atom stereocenters. The SMILES string of the molecule is N#Cc1c(F)cccc1Nc1ccc(N)nn1. The van der Waals surface area contributed by atoms with Crippen molar-refractivity contribution in [2.75, 3.05) is 11.1 Å². The van der Waals surface area contributed by atoms with Crippen LogP contribution < -0.4 is 11.1 Å². The lowest BCUT2D eigenvalue weighted by molar-refractivity contribution is 0.624. The molecular formula is C11H8FN5. The fraction of sp³-hybridized carbons (Fsp3) is 0. The molecule has 0 aliphatic rings. The van der Waals surface area contributed by atoms with E-state index in [0.29, 0.717) is 11.5 Å².